The summed E-state index contributed by atoms with van der Waals surface area (Å²) < 4.78 is 14.5. The van der Waals surface area contributed by atoms with E-state index in [4.69, 9.17) is 0 Å². The number of nitrogens with one attached hydrogen (secondary N) is 2. The maximum absolute atomic E-state index is 13.6. The van der Waals surface area contributed by atoms with Crippen LogP contribution in [0.3, 0.4) is 0 Å². The van der Waals surface area contributed by atoms with Crippen molar-refractivity contribution in [2.24, 2.45) is 0 Å². The number of hydrogen-bond acceptors (Lipinski definition) is 2. The molecule has 1 fully saturated rings. The Hall–Kier alpha value is -0.450. The first kappa shape index (κ1) is 10.1. The molecule has 0 spiro atoms. The zero-order valence-corrected chi connectivity index (χ0v) is 9.49. The molecular weight excluding hydrogens is 247 g/mol. The lowest BCUT2D eigenvalue weighted by Crippen LogP contribution is -2.36. The average molecular weight is 259 g/mol. The Morgan fingerprint density at radius 2 is 2.29 bits per heavy atom. The summed E-state index contributed by atoms with van der Waals surface area (Å²) in [4.78, 5) is 0. The highest BCUT2D eigenvalue weighted by atomic mass is 79.9. The first-order valence-electron chi connectivity index (χ1n) is 4.53. The molecule has 1 aromatic carbocycles. The molecule has 0 aromatic heterocycles. The van der Waals surface area contributed by atoms with Crippen molar-refractivity contribution in [1.29, 1.82) is 0 Å². The van der Waals surface area contributed by atoms with Crippen molar-refractivity contribution in [3.63, 3.8) is 0 Å². The minimum absolute atomic E-state index is 0.160. The standard InChI is InChI=1S/C10H12BrFN2/c1-10(5-13-6-14-10)8-4-7(11)2-3-9(8)12/h2-4,13-14H,5-6H2,1H3. The molecule has 0 aliphatic carbocycles. The molecular formula is C10H12BrFN2. The third kappa shape index (κ3) is 1.69. The lowest BCUT2D eigenvalue weighted by molar-refractivity contribution is 0.433. The molecule has 14 heavy (non-hydrogen) atoms. The Morgan fingerprint density at radius 3 is 2.93 bits per heavy atom. The van der Waals surface area contributed by atoms with E-state index >= 15 is 0 Å². The minimum Gasteiger partial charge on any atom is -0.302 e. The van der Waals surface area contributed by atoms with E-state index in [-0.39, 0.29) is 11.4 Å². The molecule has 0 saturated carbocycles. The van der Waals surface area contributed by atoms with E-state index in [9.17, 15) is 4.39 Å². The van der Waals surface area contributed by atoms with Gasteiger partial charge in [0.1, 0.15) is 5.82 Å². The molecule has 2 nitrogen and oxygen atoms in total. The molecule has 2 N–H and O–H groups in total. The fourth-order valence-electron chi connectivity index (χ4n) is 1.74. The zero-order valence-electron chi connectivity index (χ0n) is 7.90. The SMILES string of the molecule is CC1(c2cc(Br)ccc2F)CNCN1. The zero-order chi connectivity index (χ0) is 10.2. The summed E-state index contributed by atoms with van der Waals surface area (Å²) in [6.45, 7) is 3.47. The van der Waals surface area contributed by atoms with Gasteiger partial charge in [-0.15, -0.1) is 0 Å². The second kappa shape index (κ2) is 3.61. The summed E-state index contributed by atoms with van der Waals surface area (Å²) in [5.74, 6) is -0.160. The molecule has 2 rings (SSSR count). The van der Waals surface area contributed by atoms with E-state index in [0.29, 0.717) is 5.56 Å². The fraction of sp³-hybridized carbons (Fsp3) is 0.400. The van der Waals surface area contributed by atoms with Gasteiger partial charge in [-0.05, 0) is 25.1 Å². The highest BCUT2D eigenvalue weighted by molar-refractivity contribution is 9.10. The predicted octanol–water partition coefficient (Wildman–Crippen LogP) is 1.95. The Bertz CT molecular complexity index is 348. The van der Waals surface area contributed by atoms with Crippen LogP contribution < -0.4 is 10.6 Å². The lowest BCUT2D eigenvalue weighted by Gasteiger charge is -2.24. The third-order valence-electron chi connectivity index (χ3n) is 2.60. The Balaban J connectivity index is 2.44. The maximum atomic E-state index is 13.6. The van der Waals surface area contributed by atoms with Gasteiger partial charge in [-0.1, -0.05) is 15.9 Å². The summed E-state index contributed by atoms with van der Waals surface area (Å²) >= 11 is 3.35. The topological polar surface area (TPSA) is 24.1 Å². The van der Waals surface area contributed by atoms with Gasteiger partial charge in [0, 0.05) is 23.2 Å². The van der Waals surface area contributed by atoms with E-state index in [1.807, 2.05) is 13.0 Å². The highest BCUT2D eigenvalue weighted by Crippen LogP contribution is 2.27. The molecule has 1 saturated heterocycles. The van der Waals surface area contributed by atoms with Crippen LogP contribution in [0, 0.1) is 5.82 Å². The second-order valence-corrected chi connectivity index (χ2v) is 4.65. The van der Waals surface area contributed by atoms with Gasteiger partial charge in [0.25, 0.3) is 0 Å². The summed E-state index contributed by atoms with van der Waals surface area (Å²) in [5.41, 5.74) is 0.408. The predicted molar refractivity (Wildman–Crippen MR) is 57.5 cm³/mol. The van der Waals surface area contributed by atoms with Crippen molar-refractivity contribution in [3.05, 3.63) is 34.1 Å². The molecule has 76 valence electrons. The van der Waals surface area contributed by atoms with Crippen molar-refractivity contribution >= 4 is 15.9 Å². The molecule has 1 heterocycles. The van der Waals surface area contributed by atoms with E-state index in [1.54, 1.807) is 6.07 Å². The number of hydrogen-bond donors (Lipinski definition) is 2. The van der Waals surface area contributed by atoms with E-state index in [0.717, 1.165) is 17.7 Å². The van der Waals surface area contributed by atoms with Crippen molar-refractivity contribution in [2.45, 2.75) is 12.5 Å². The van der Waals surface area contributed by atoms with Crippen molar-refractivity contribution in [1.82, 2.24) is 10.6 Å². The molecule has 0 bridgehead atoms. The van der Waals surface area contributed by atoms with Crippen molar-refractivity contribution < 1.29 is 4.39 Å². The molecule has 1 aromatic rings. The molecule has 1 unspecified atom stereocenters. The fourth-order valence-corrected chi connectivity index (χ4v) is 2.10. The second-order valence-electron chi connectivity index (χ2n) is 3.74. The van der Waals surface area contributed by atoms with Gasteiger partial charge in [0.05, 0.1) is 5.54 Å². The Labute approximate surface area is 91.0 Å². The molecule has 0 radical (unpaired) electrons. The van der Waals surface area contributed by atoms with Crippen molar-refractivity contribution in [2.75, 3.05) is 13.2 Å². The van der Waals surface area contributed by atoms with Gasteiger partial charge in [-0.25, -0.2) is 4.39 Å². The lowest BCUT2D eigenvalue weighted by atomic mass is 9.93. The van der Waals surface area contributed by atoms with Crippen LogP contribution in [0.4, 0.5) is 4.39 Å². The Kier molecular flexibility index (Phi) is 2.60. The van der Waals surface area contributed by atoms with E-state index in [2.05, 4.69) is 26.6 Å². The van der Waals surface area contributed by atoms with Crippen LogP contribution in [0.1, 0.15) is 12.5 Å². The van der Waals surface area contributed by atoms with Gasteiger partial charge >= 0.3 is 0 Å². The van der Waals surface area contributed by atoms with Gasteiger partial charge in [-0.3, -0.25) is 5.32 Å². The van der Waals surface area contributed by atoms with Crippen LogP contribution in [-0.2, 0) is 5.54 Å². The monoisotopic (exact) mass is 258 g/mol. The van der Waals surface area contributed by atoms with Gasteiger partial charge in [-0.2, -0.15) is 0 Å². The van der Waals surface area contributed by atoms with Crippen LogP contribution in [0.15, 0.2) is 22.7 Å². The average Bonchev–Trinajstić information content (AvgIpc) is 2.58. The normalized spacial score (nSPS) is 26.8. The summed E-state index contributed by atoms with van der Waals surface area (Å²) in [5, 5.41) is 6.41. The molecule has 1 aliphatic heterocycles. The first-order valence-corrected chi connectivity index (χ1v) is 5.32. The summed E-state index contributed by atoms with van der Waals surface area (Å²) in [6, 6.07) is 5.03. The van der Waals surface area contributed by atoms with Crippen molar-refractivity contribution in [3.8, 4) is 0 Å². The molecule has 1 atom stereocenters. The van der Waals surface area contributed by atoms with Crippen LogP contribution in [0.5, 0.6) is 0 Å². The largest absolute Gasteiger partial charge is 0.302 e. The summed E-state index contributed by atoms with van der Waals surface area (Å²) in [7, 11) is 0. The smallest absolute Gasteiger partial charge is 0.128 e. The molecule has 4 heteroatoms. The molecule has 1 aliphatic rings. The Morgan fingerprint density at radius 1 is 1.50 bits per heavy atom. The highest BCUT2D eigenvalue weighted by Gasteiger charge is 2.32. The van der Waals surface area contributed by atoms with Crippen LogP contribution in [-0.4, -0.2) is 13.2 Å². The minimum atomic E-state index is -0.298. The van der Waals surface area contributed by atoms with Gasteiger partial charge in [0.15, 0.2) is 0 Å². The van der Waals surface area contributed by atoms with Gasteiger partial charge < -0.3 is 5.32 Å². The number of benzene rings is 1. The number of halogens is 2. The van der Waals surface area contributed by atoms with E-state index in [1.165, 1.54) is 6.07 Å². The quantitative estimate of drug-likeness (QED) is 0.805. The first-order chi connectivity index (χ1) is 6.62. The third-order valence-corrected chi connectivity index (χ3v) is 3.10. The number of rotatable bonds is 1. The van der Waals surface area contributed by atoms with E-state index < -0.39 is 0 Å². The maximum Gasteiger partial charge on any atom is 0.128 e. The molecule has 0 amide bonds. The van der Waals surface area contributed by atoms with Crippen LogP contribution >= 0.6 is 15.9 Å². The summed E-state index contributed by atoms with van der Waals surface area (Å²) in [6.07, 6.45) is 0. The van der Waals surface area contributed by atoms with Gasteiger partial charge in [0.2, 0.25) is 0 Å². The van der Waals surface area contributed by atoms with Crippen LogP contribution in [0.2, 0.25) is 0 Å². The van der Waals surface area contributed by atoms with Crippen LogP contribution in [0.25, 0.3) is 0 Å².